The second-order valence-corrected chi connectivity index (χ2v) is 5.62. The van der Waals surface area contributed by atoms with Gasteiger partial charge in [-0.05, 0) is 29.9 Å². The molecule has 2 aromatic carbocycles. The van der Waals surface area contributed by atoms with Gasteiger partial charge in [-0.3, -0.25) is 19.9 Å². The lowest BCUT2D eigenvalue weighted by molar-refractivity contribution is -0.384. The van der Waals surface area contributed by atoms with Crippen LogP contribution in [-0.2, 0) is 6.54 Å². The molecule has 0 saturated heterocycles. The molecule has 1 heterocycles. The maximum Gasteiger partial charge on any atom is 0.269 e. The van der Waals surface area contributed by atoms with E-state index in [2.05, 4.69) is 10.1 Å². The van der Waals surface area contributed by atoms with E-state index in [0.29, 0.717) is 22.2 Å². The maximum atomic E-state index is 10.7. The maximum absolute atomic E-state index is 10.7. The Bertz CT molecular complexity index is 918. The second-order valence-electron chi connectivity index (χ2n) is 4.84. The number of rotatable bonds is 4. The number of hydrogen-bond acceptors (Lipinski definition) is 4. The van der Waals surface area contributed by atoms with Gasteiger partial charge in [0.1, 0.15) is 0 Å². The Balaban J connectivity index is 1.88. The van der Waals surface area contributed by atoms with Gasteiger partial charge in [-0.25, -0.2) is 0 Å². The Hall–Kier alpha value is -2.51. The number of hydrogen-bond donors (Lipinski definition) is 1. The molecule has 0 fully saturated rings. The number of aromatic amines is 1. The van der Waals surface area contributed by atoms with Gasteiger partial charge in [0.15, 0.2) is 5.82 Å². The number of aromatic nitrogens is 3. The van der Waals surface area contributed by atoms with Crippen LogP contribution in [0.1, 0.15) is 5.56 Å². The fourth-order valence-corrected chi connectivity index (χ4v) is 2.57. The summed E-state index contributed by atoms with van der Waals surface area (Å²) in [6, 6.07) is 13.7. The molecule has 0 aliphatic rings. The summed E-state index contributed by atoms with van der Waals surface area (Å²) in [4.78, 5) is 14.6. The van der Waals surface area contributed by atoms with Gasteiger partial charge in [-0.2, -0.15) is 4.98 Å². The van der Waals surface area contributed by atoms with E-state index in [0.717, 1.165) is 11.1 Å². The highest BCUT2D eigenvalue weighted by Gasteiger charge is 2.09. The minimum absolute atomic E-state index is 0.0544. The van der Waals surface area contributed by atoms with E-state index in [9.17, 15) is 10.1 Å². The summed E-state index contributed by atoms with van der Waals surface area (Å²) in [5.74, 6) is 0.586. The summed E-state index contributed by atoms with van der Waals surface area (Å²) in [5, 5.41) is 14.4. The first-order valence-electron chi connectivity index (χ1n) is 6.69. The van der Waals surface area contributed by atoms with Crippen LogP contribution in [-0.4, -0.2) is 19.7 Å². The van der Waals surface area contributed by atoms with E-state index in [1.165, 1.54) is 12.1 Å². The number of benzene rings is 2. The minimum Gasteiger partial charge on any atom is -0.279 e. The highest BCUT2D eigenvalue weighted by Crippen LogP contribution is 2.24. The SMILES string of the molecule is O=[N+]([O-])c1ccc(Cn2[nH]c(-c3ccccc3Cl)nc2=S)cc1. The fraction of sp³-hybridized carbons (Fsp3) is 0.0667. The summed E-state index contributed by atoms with van der Waals surface area (Å²) in [6.07, 6.45) is 0. The van der Waals surface area contributed by atoms with Crippen molar-refractivity contribution in [3.63, 3.8) is 0 Å². The predicted molar refractivity (Wildman–Crippen MR) is 90.1 cm³/mol. The van der Waals surface area contributed by atoms with E-state index >= 15 is 0 Å². The molecule has 0 bridgehead atoms. The summed E-state index contributed by atoms with van der Waals surface area (Å²) >= 11 is 11.4. The molecule has 0 aliphatic heterocycles. The van der Waals surface area contributed by atoms with Crippen LogP contribution in [0.2, 0.25) is 5.02 Å². The van der Waals surface area contributed by atoms with E-state index in [1.54, 1.807) is 22.9 Å². The molecule has 23 heavy (non-hydrogen) atoms. The molecule has 0 radical (unpaired) electrons. The number of nitro groups is 1. The monoisotopic (exact) mass is 346 g/mol. The van der Waals surface area contributed by atoms with E-state index in [1.807, 2.05) is 18.2 Å². The summed E-state index contributed by atoms with van der Waals surface area (Å²) in [5.41, 5.74) is 1.70. The van der Waals surface area contributed by atoms with Gasteiger partial charge in [0.05, 0.1) is 16.5 Å². The second kappa shape index (κ2) is 6.31. The third-order valence-corrected chi connectivity index (χ3v) is 3.94. The average molecular weight is 347 g/mol. The lowest BCUT2D eigenvalue weighted by Crippen LogP contribution is -2.02. The zero-order valence-corrected chi connectivity index (χ0v) is 13.3. The number of nitrogens with one attached hydrogen (secondary N) is 1. The highest BCUT2D eigenvalue weighted by atomic mass is 35.5. The van der Waals surface area contributed by atoms with Gasteiger partial charge >= 0.3 is 0 Å². The lowest BCUT2D eigenvalue weighted by Gasteiger charge is -2.03. The number of H-pyrrole nitrogens is 1. The third-order valence-electron chi connectivity index (χ3n) is 3.30. The first-order valence-corrected chi connectivity index (χ1v) is 7.48. The van der Waals surface area contributed by atoms with Gasteiger partial charge in [-0.15, -0.1) is 0 Å². The van der Waals surface area contributed by atoms with Crippen molar-refractivity contribution in [3.05, 3.63) is 74.0 Å². The van der Waals surface area contributed by atoms with Gasteiger partial charge in [-0.1, -0.05) is 35.9 Å². The van der Waals surface area contributed by atoms with Crippen molar-refractivity contribution in [1.29, 1.82) is 0 Å². The number of nitro benzene ring substituents is 1. The molecule has 0 spiro atoms. The van der Waals surface area contributed by atoms with Crippen molar-refractivity contribution in [3.8, 4) is 11.4 Å². The van der Waals surface area contributed by atoms with E-state index < -0.39 is 4.92 Å². The fourth-order valence-electron chi connectivity index (χ4n) is 2.14. The molecular formula is C15H11ClN4O2S. The Kier molecular flexibility index (Phi) is 4.22. The average Bonchev–Trinajstić information content (AvgIpc) is 2.89. The standard InChI is InChI=1S/C15H11ClN4O2S/c16-13-4-2-1-3-12(13)14-17-15(23)19(18-14)9-10-5-7-11(8-6-10)20(21)22/h1-8H,9H2,(H,17,18,23). The van der Waals surface area contributed by atoms with Crippen LogP contribution in [0.3, 0.4) is 0 Å². The Morgan fingerprint density at radius 3 is 2.57 bits per heavy atom. The summed E-state index contributed by atoms with van der Waals surface area (Å²) in [6.45, 7) is 0.439. The van der Waals surface area contributed by atoms with Crippen LogP contribution in [0.5, 0.6) is 0 Å². The van der Waals surface area contributed by atoms with Crippen molar-refractivity contribution in [2.45, 2.75) is 6.54 Å². The van der Waals surface area contributed by atoms with Gasteiger partial charge < -0.3 is 0 Å². The van der Waals surface area contributed by atoms with Crippen LogP contribution in [0.4, 0.5) is 5.69 Å². The van der Waals surface area contributed by atoms with Crippen LogP contribution in [0.15, 0.2) is 48.5 Å². The third kappa shape index (κ3) is 3.30. The molecule has 8 heteroatoms. The molecule has 0 unspecified atom stereocenters. The Morgan fingerprint density at radius 2 is 1.91 bits per heavy atom. The van der Waals surface area contributed by atoms with Crippen molar-refractivity contribution in [2.24, 2.45) is 0 Å². The summed E-state index contributed by atoms with van der Waals surface area (Å²) in [7, 11) is 0. The smallest absolute Gasteiger partial charge is 0.269 e. The highest BCUT2D eigenvalue weighted by molar-refractivity contribution is 7.71. The molecule has 0 atom stereocenters. The van der Waals surface area contributed by atoms with Gasteiger partial charge in [0.25, 0.3) is 5.69 Å². The Labute approximate surface area is 141 Å². The van der Waals surface area contributed by atoms with E-state index in [-0.39, 0.29) is 5.69 Å². The molecule has 6 nitrogen and oxygen atoms in total. The molecule has 0 amide bonds. The van der Waals surface area contributed by atoms with Crippen molar-refractivity contribution in [1.82, 2.24) is 14.8 Å². The molecule has 0 saturated carbocycles. The number of non-ortho nitro benzene ring substituents is 1. The van der Waals surface area contributed by atoms with Crippen LogP contribution in [0.25, 0.3) is 11.4 Å². The molecule has 3 rings (SSSR count). The first-order chi connectivity index (χ1) is 11.0. The van der Waals surface area contributed by atoms with Crippen molar-refractivity contribution in [2.75, 3.05) is 0 Å². The zero-order valence-electron chi connectivity index (χ0n) is 11.8. The quantitative estimate of drug-likeness (QED) is 0.436. The van der Waals surface area contributed by atoms with Crippen molar-refractivity contribution < 1.29 is 4.92 Å². The largest absolute Gasteiger partial charge is 0.279 e. The zero-order chi connectivity index (χ0) is 16.4. The molecule has 1 aromatic heterocycles. The number of halogens is 1. The van der Waals surface area contributed by atoms with Crippen LogP contribution < -0.4 is 0 Å². The van der Waals surface area contributed by atoms with Crippen LogP contribution >= 0.6 is 23.8 Å². The molecule has 116 valence electrons. The Morgan fingerprint density at radius 1 is 1.22 bits per heavy atom. The van der Waals surface area contributed by atoms with Crippen LogP contribution in [0, 0.1) is 14.9 Å². The van der Waals surface area contributed by atoms with Gasteiger partial charge in [0.2, 0.25) is 4.77 Å². The molecule has 0 aliphatic carbocycles. The molecule has 1 N–H and O–H groups in total. The minimum atomic E-state index is -0.429. The lowest BCUT2D eigenvalue weighted by atomic mass is 10.2. The van der Waals surface area contributed by atoms with Crippen molar-refractivity contribution >= 4 is 29.5 Å². The normalized spacial score (nSPS) is 10.7. The molecule has 3 aromatic rings. The summed E-state index contributed by atoms with van der Waals surface area (Å²) < 4.78 is 2.08. The van der Waals surface area contributed by atoms with E-state index in [4.69, 9.17) is 23.8 Å². The van der Waals surface area contributed by atoms with Gasteiger partial charge in [0, 0.05) is 17.7 Å². The first kappa shape index (κ1) is 15.4. The topological polar surface area (TPSA) is 76.8 Å². The molecular weight excluding hydrogens is 336 g/mol. The number of nitrogens with zero attached hydrogens (tertiary/aromatic N) is 3. The predicted octanol–water partition coefficient (Wildman–Crippen LogP) is 4.22.